The first-order valence-electron chi connectivity index (χ1n) is 7.98. The first-order valence-corrected chi connectivity index (χ1v) is 7.98. The van der Waals surface area contributed by atoms with Gasteiger partial charge in [-0.1, -0.05) is 0 Å². The lowest BCUT2D eigenvalue weighted by molar-refractivity contribution is 0.509. The molecule has 0 aliphatic carbocycles. The predicted molar refractivity (Wildman–Crippen MR) is 98.0 cm³/mol. The molecule has 26 heavy (non-hydrogen) atoms. The highest BCUT2D eigenvalue weighted by atomic mass is 19.2. The summed E-state index contributed by atoms with van der Waals surface area (Å²) < 4.78 is 26.3. The molecular weight excluding hydrogens is 336 g/mol. The lowest BCUT2D eigenvalue weighted by Crippen LogP contribution is -2.01. The molecule has 0 saturated carbocycles. The summed E-state index contributed by atoms with van der Waals surface area (Å²) in [7, 11) is 0. The maximum atomic E-state index is 13.3. The molecule has 2 heterocycles. The number of aromatic amines is 1. The van der Waals surface area contributed by atoms with Gasteiger partial charge in [0.1, 0.15) is 5.82 Å². The van der Waals surface area contributed by atoms with Crippen LogP contribution in [0.1, 0.15) is 5.69 Å². The molecule has 0 aliphatic rings. The highest BCUT2D eigenvalue weighted by Gasteiger charge is 2.06. The maximum absolute atomic E-state index is 13.3. The molecule has 0 radical (unpaired) electrons. The Balaban J connectivity index is 1.55. The van der Waals surface area contributed by atoms with Gasteiger partial charge in [-0.25, -0.2) is 13.8 Å². The quantitative estimate of drug-likeness (QED) is 0.482. The van der Waals surface area contributed by atoms with Gasteiger partial charge in [0.05, 0.1) is 0 Å². The van der Waals surface area contributed by atoms with Crippen LogP contribution in [0, 0.1) is 18.6 Å². The number of rotatable bonds is 4. The number of hydrogen-bond acceptors (Lipinski definition) is 4. The van der Waals surface area contributed by atoms with Crippen molar-refractivity contribution >= 4 is 34.0 Å². The van der Waals surface area contributed by atoms with E-state index >= 15 is 0 Å². The average Bonchev–Trinajstić information content (AvgIpc) is 2.98. The molecule has 7 heteroatoms. The van der Waals surface area contributed by atoms with Gasteiger partial charge >= 0.3 is 0 Å². The van der Waals surface area contributed by atoms with E-state index < -0.39 is 11.6 Å². The summed E-state index contributed by atoms with van der Waals surface area (Å²) in [6.07, 6.45) is 1.58. The van der Waals surface area contributed by atoms with Crippen molar-refractivity contribution in [3.63, 3.8) is 0 Å². The lowest BCUT2D eigenvalue weighted by Gasteiger charge is -2.09. The number of H-pyrrole nitrogens is 1. The van der Waals surface area contributed by atoms with Crippen molar-refractivity contribution in [2.24, 2.45) is 0 Å². The number of nitrogens with zero attached hydrogens (tertiary/aromatic N) is 2. The van der Waals surface area contributed by atoms with E-state index in [9.17, 15) is 8.78 Å². The largest absolute Gasteiger partial charge is 0.359 e. The summed E-state index contributed by atoms with van der Waals surface area (Å²) in [6.45, 7) is 2.01. The second-order valence-corrected chi connectivity index (χ2v) is 5.90. The van der Waals surface area contributed by atoms with Crippen LogP contribution >= 0.6 is 0 Å². The molecule has 0 saturated heterocycles. The van der Waals surface area contributed by atoms with E-state index in [4.69, 9.17) is 0 Å². The highest BCUT2D eigenvalue weighted by Crippen LogP contribution is 2.23. The van der Waals surface area contributed by atoms with Crippen LogP contribution in [0.15, 0.2) is 54.7 Å². The molecule has 2 aromatic heterocycles. The van der Waals surface area contributed by atoms with Gasteiger partial charge in [0.2, 0.25) is 5.95 Å². The molecule has 4 rings (SSSR count). The molecule has 3 N–H and O–H groups in total. The van der Waals surface area contributed by atoms with Crippen LogP contribution in [0.5, 0.6) is 0 Å². The van der Waals surface area contributed by atoms with Crippen LogP contribution in [-0.2, 0) is 0 Å². The standard InChI is InChI=1S/C19H15F2N5/c1-11-8-12-9-13(3-5-17(12)23-11)24-18-6-7-22-19(26-18)25-14-2-4-15(20)16(21)10-14/h2-10,23H,1H3,(H2,22,24,25,26). The second kappa shape index (κ2) is 6.44. The Labute approximate surface area is 148 Å². The van der Waals surface area contributed by atoms with Crippen LogP contribution in [0.3, 0.4) is 0 Å². The van der Waals surface area contributed by atoms with Gasteiger partial charge in [-0.3, -0.25) is 0 Å². The topological polar surface area (TPSA) is 65.6 Å². The van der Waals surface area contributed by atoms with Crippen molar-refractivity contribution in [2.75, 3.05) is 10.6 Å². The summed E-state index contributed by atoms with van der Waals surface area (Å²) in [4.78, 5) is 11.7. The Morgan fingerprint density at radius 1 is 0.885 bits per heavy atom. The smallest absolute Gasteiger partial charge is 0.229 e. The monoisotopic (exact) mass is 351 g/mol. The van der Waals surface area contributed by atoms with Gasteiger partial charge in [0.15, 0.2) is 11.6 Å². The van der Waals surface area contributed by atoms with Gasteiger partial charge in [-0.2, -0.15) is 4.98 Å². The summed E-state index contributed by atoms with van der Waals surface area (Å²) >= 11 is 0. The molecule has 130 valence electrons. The number of halogens is 2. The number of hydrogen-bond donors (Lipinski definition) is 3. The van der Waals surface area contributed by atoms with E-state index in [-0.39, 0.29) is 5.95 Å². The van der Waals surface area contributed by atoms with Gasteiger partial charge in [-0.05, 0) is 49.4 Å². The zero-order chi connectivity index (χ0) is 18.1. The Bertz CT molecular complexity index is 1090. The number of fused-ring (bicyclic) bond motifs is 1. The van der Waals surface area contributed by atoms with Crippen LogP contribution in [0.2, 0.25) is 0 Å². The third-order valence-corrected chi connectivity index (χ3v) is 3.86. The van der Waals surface area contributed by atoms with Crippen LogP contribution in [0.4, 0.5) is 31.9 Å². The minimum Gasteiger partial charge on any atom is -0.359 e. The Hall–Kier alpha value is -3.48. The fourth-order valence-electron chi connectivity index (χ4n) is 2.69. The van der Waals surface area contributed by atoms with E-state index in [1.165, 1.54) is 6.07 Å². The molecule has 0 bridgehead atoms. The molecule has 0 spiro atoms. The van der Waals surface area contributed by atoms with E-state index in [0.29, 0.717) is 11.5 Å². The number of nitrogens with one attached hydrogen (secondary N) is 3. The fourth-order valence-corrected chi connectivity index (χ4v) is 2.69. The van der Waals surface area contributed by atoms with Gasteiger partial charge in [0, 0.05) is 40.2 Å². The zero-order valence-corrected chi connectivity index (χ0v) is 13.8. The first kappa shape index (κ1) is 16.0. The molecule has 0 atom stereocenters. The number of benzene rings is 2. The third-order valence-electron chi connectivity index (χ3n) is 3.86. The van der Waals surface area contributed by atoms with Gasteiger partial charge in [-0.15, -0.1) is 0 Å². The van der Waals surface area contributed by atoms with E-state index in [0.717, 1.165) is 34.4 Å². The van der Waals surface area contributed by atoms with Crippen molar-refractivity contribution in [1.29, 1.82) is 0 Å². The summed E-state index contributed by atoms with van der Waals surface area (Å²) in [5.41, 5.74) is 3.41. The summed E-state index contributed by atoms with van der Waals surface area (Å²) in [5.74, 6) is -0.974. The SMILES string of the molecule is Cc1cc2cc(Nc3ccnc(Nc4ccc(F)c(F)c4)n3)ccc2[nH]1. The van der Waals surface area contributed by atoms with Gasteiger partial charge in [0.25, 0.3) is 0 Å². The Morgan fingerprint density at radius 2 is 1.69 bits per heavy atom. The summed E-state index contributed by atoms with van der Waals surface area (Å²) in [6, 6.07) is 13.3. The molecule has 0 amide bonds. The van der Waals surface area contributed by atoms with Crippen molar-refractivity contribution in [2.45, 2.75) is 6.92 Å². The van der Waals surface area contributed by atoms with Gasteiger partial charge < -0.3 is 15.6 Å². The first-order chi connectivity index (χ1) is 12.6. The van der Waals surface area contributed by atoms with Crippen LogP contribution in [-0.4, -0.2) is 15.0 Å². The average molecular weight is 351 g/mol. The zero-order valence-electron chi connectivity index (χ0n) is 13.8. The minimum absolute atomic E-state index is 0.277. The minimum atomic E-state index is -0.931. The molecule has 2 aromatic carbocycles. The Kier molecular flexibility index (Phi) is 3.96. The third kappa shape index (κ3) is 3.32. The molecule has 0 aliphatic heterocycles. The van der Waals surface area contributed by atoms with Crippen molar-refractivity contribution < 1.29 is 8.78 Å². The number of anilines is 4. The molecule has 4 aromatic rings. The van der Waals surface area contributed by atoms with Crippen molar-refractivity contribution in [1.82, 2.24) is 15.0 Å². The second-order valence-electron chi connectivity index (χ2n) is 5.90. The maximum Gasteiger partial charge on any atom is 0.229 e. The van der Waals surface area contributed by atoms with E-state index in [2.05, 4.69) is 31.7 Å². The van der Waals surface area contributed by atoms with Crippen molar-refractivity contribution in [3.8, 4) is 0 Å². The summed E-state index contributed by atoms with van der Waals surface area (Å²) in [5, 5.41) is 7.17. The molecule has 5 nitrogen and oxygen atoms in total. The number of aryl methyl sites for hydroxylation is 1. The molecular formula is C19H15F2N5. The highest BCUT2D eigenvalue weighted by molar-refractivity contribution is 5.84. The lowest BCUT2D eigenvalue weighted by atomic mass is 10.2. The molecule has 0 fully saturated rings. The number of aromatic nitrogens is 3. The predicted octanol–water partition coefficient (Wildman–Crippen LogP) is 5.03. The Morgan fingerprint density at radius 3 is 2.54 bits per heavy atom. The van der Waals surface area contributed by atoms with Crippen LogP contribution in [0.25, 0.3) is 10.9 Å². The normalized spacial score (nSPS) is 10.9. The van der Waals surface area contributed by atoms with E-state index in [1.807, 2.05) is 25.1 Å². The molecule has 0 unspecified atom stereocenters. The van der Waals surface area contributed by atoms with Crippen molar-refractivity contribution in [3.05, 3.63) is 72.1 Å². The van der Waals surface area contributed by atoms with E-state index in [1.54, 1.807) is 12.3 Å². The fraction of sp³-hybridized carbons (Fsp3) is 0.0526. The van der Waals surface area contributed by atoms with Crippen LogP contribution < -0.4 is 10.6 Å².